The van der Waals surface area contributed by atoms with Crippen LogP contribution in [0.1, 0.15) is 44.6 Å². The minimum Gasteiger partial charge on any atom is -0.396 e. The fraction of sp³-hybridized carbons (Fsp3) is 0.600. The summed E-state index contributed by atoms with van der Waals surface area (Å²) in [5.74, 6) is 0.541. The number of anilines is 1. The molecule has 1 saturated heterocycles. The third-order valence-corrected chi connectivity index (χ3v) is 5.58. The Labute approximate surface area is 149 Å². The van der Waals surface area contributed by atoms with E-state index in [0.29, 0.717) is 25.4 Å². The molecule has 1 atom stereocenters. The van der Waals surface area contributed by atoms with Gasteiger partial charge in [-0.25, -0.2) is 0 Å². The molecule has 1 heterocycles. The van der Waals surface area contributed by atoms with Crippen LogP contribution in [-0.2, 0) is 16.0 Å². The van der Waals surface area contributed by atoms with Crippen LogP contribution in [0.3, 0.4) is 0 Å². The lowest BCUT2D eigenvalue weighted by Gasteiger charge is -2.33. The second-order valence-corrected chi connectivity index (χ2v) is 7.52. The van der Waals surface area contributed by atoms with Crippen LogP contribution in [-0.4, -0.2) is 41.0 Å². The zero-order valence-corrected chi connectivity index (χ0v) is 14.9. The first-order valence-corrected chi connectivity index (χ1v) is 9.37. The highest BCUT2D eigenvalue weighted by Crippen LogP contribution is 2.31. The minimum absolute atomic E-state index is 0.0741. The summed E-state index contributed by atoms with van der Waals surface area (Å²) in [6.07, 6.45) is 5.40. The summed E-state index contributed by atoms with van der Waals surface area (Å²) in [4.78, 5) is 26.8. The lowest BCUT2D eigenvalue weighted by Crippen LogP contribution is -2.39. The van der Waals surface area contributed by atoms with Gasteiger partial charge in [-0.3, -0.25) is 9.59 Å². The number of nitrogens with one attached hydrogen (secondary N) is 1. The number of hydrogen-bond donors (Lipinski definition) is 2. The largest absolute Gasteiger partial charge is 0.396 e. The number of hydrogen-bond acceptors (Lipinski definition) is 3. The van der Waals surface area contributed by atoms with Gasteiger partial charge in [0, 0.05) is 31.3 Å². The third kappa shape index (κ3) is 4.40. The van der Waals surface area contributed by atoms with Gasteiger partial charge >= 0.3 is 0 Å². The van der Waals surface area contributed by atoms with E-state index in [1.54, 1.807) is 0 Å². The SMILES string of the molecule is CC1CCC(N2CC(C(=O)Nc3ccc(CCO)cc3)CC2=O)CC1. The van der Waals surface area contributed by atoms with Crippen molar-refractivity contribution in [1.82, 2.24) is 4.90 Å². The Hall–Kier alpha value is -1.88. The summed E-state index contributed by atoms with van der Waals surface area (Å²) < 4.78 is 0. The van der Waals surface area contributed by atoms with Gasteiger partial charge in [-0.15, -0.1) is 0 Å². The van der Waals surface area contributed by atoms with Gasteiger partial charge < -0.3 is 15.3 Å². The van der Waals surface area contributed by atoms with E-state index >= 15 is 0 Å². The van der Waals surface area contributed by atoms with Crippen LogP contribution in [0.25, 0.3) is 0 Å². The molecule has 0 radical (unpaired) electrons. The topological polar surface area (TPSA) is 69.6 Å². The van der Waals surface area contributed by atoms with Gasteiger partial charge in [-0.05, 0) is 55.7 Å². The predicted octanol–water partition coefficient (Wildman–Crippen LogP) is 2.59. The molecule has 1 aliphatic heterocycles. The summed E-state index contributed by atoms with van der Waals surface area (Å²) in [6, 6.07) is 7.82. The molecule has 2 fully saturated rings. The van der Waals surface area contributed by atoms with E-state index in [9.17, 15) is 9.59 Å². The number of carbonyl (C=O) groups is 2. The number of aliphatic hydroxyl groups is 1. The van der Waals surface area contributed by atoms with E-state index in [1.165, 1.54) is 12.8 Å². The Bertz CT molecular complexity index is 606. The summed E-state index contributed by atoms with van der Waals surface area (Å²) >= 11 is 0. The lowest BCUT2D eigenvalue weighted by atomic mass is 9.87. The summed E-state index contributed by atoms with van der Waals surface area (Å²) in [6.45, 7) is 2.93. The van der Waals surface area contributed by atoms with E-state index in [2.05, 4.69) is 12.2 Å². The second-order valence-electron chi connectivity index (χ2n) is 7.52. The van der Waals surface area contributed by atoms with Gasteiger partial charge in [0.05, 0.1) is 5.92 Å². The first kappa shape index (κ1) is 17.9. The number of aliphatic hydroxyl groups excluding tert-OH is 1. The average molecular weight is 344 g/mol. The molecule has 5 heteroatoms. The molecule has 25 heavy (non-hydrogen) atoms. The molecule has 0 spiro atoms. The van der Waals surface area contributed by atoms with Gasteiger partial charge in [0.25, 0.3) is 0 Å². The first-order chi connectivity index (χ1) is 12.1. The highest BCUT2D eigenvalue weighted by Gasteiger charge is 2.38. The molecular formula is C20H28N2O3. The molecule has 5 nitrogen and oxygen atoms in total. The molecule has 2 amide bonds. The maximum absolute atomic E-state index is 12.5. The van der Waals surface area contributed by atoms with Gasteiger partial charge in [0.2, 0.25) is 11.8 Å². The third-order valence-electron chi connectivity index (χ3n) is 5.58. The number of likely N-dealkylation sites (tertiary alicyclic amines) is 1. The van der Waals surface area contributed by atoms with Crippen molar-refractivity contribution in [2.75, 3.05) is 18.5 Å². The van der Waals surface area contributed by atoms with Crippen LogP contribution >= 0.6 is 0 Å². The summed E-state index contributed by atoms with van der Waals surface area (Å²) in [5, 5.41) is 11.9. The summed E-state index contributed by atoms with van der Waals surface area (Å²) in [7, 11) is 0. The van der Waals surface area contributed by atoms with Crippen LogP contribution < -0.4 is 5.32 Å². The normalized spacial score (nSPS) is 26.7. The number of benzene rings is 1. The van der Waals surface area contributed by atoms with Crippen LogP contribution in [0.5, 0.6) is 0 Å². The van der Waals surface area contributed by atoms with Gasteiger partial charge in [-0.1, -0.05) is 19.1 Å². The zero-order valence-electron chi connectivity index (χ0n) is 14.9. The van der Waals surface area contributed by atoms with Crippen LogP contribution in [0.2, 0.25) is 0 Å². The molecule has 0 aromatic heterocycles. The Balaban J connectivity index is 1.55. The van der Waals surface area contributed by atoms with E-state index in [0.717, 1.165) is 30.0 Å². The molecule has 1 aromatic rings. The Morgan fingerprint density at radius 3 is 2.52 bits per heavy atom. The minimum atomic E-state index is -0.260. The van der Waals surface area contributed by atoms with Crippen molar-refractivity contribution in [2.45, 2.75) is 51.5 Å². The molecule has 1 aliphatic carbocycles. The number of carbonyl (C=O) groups excluding carboxylic acids is 2. The number of amides is 2. The molecular weight excluding hydrogens is 316 g/mol. The van der Waals surface area contributed by atoms with Crippen LogP contribution in [0.4, 0.5) is 5.69 Å². The lowest BCUT2D eigenvalue weighted by molar-refractivity contribution is -0.130. The van der Waals surface area contributed by atoms with E-state index in [4.69, 9.17) is 5.11 Å². The first-order valence-electron chi connectivity index (χ1n) is 9.37. The molecule has 1 unspecified atom stereocenters. The van der Waals surface area contributed by atoms with Crippen molar-refractivity contribution in [1.29, 1.82) is 0 Å². The predicted molar refractivity (Wildman–Crippen MR) is 97.1 cm³/mol. The maximum Gasteiger partial charge on any atom is 0.229 e. The van der Waals surface area contributed by atoms with Crippen LogP contribution in [0, 0.1) is 11.8 Å². The molecule has 136 valence electrons. The smallest absolute Gasteiger partial charge is 0.229 e. The van der Waals surface area contributed by atoms with Crippen molar-refractivity contribution in [2.24, 2.45) is 11.8 Å². The zero-order chi connectivity index (χ0) is 17.8. The number of nitrogens with zero attached hydrogens (tertiary/aromatic N) is 1. The Morgan fingerprint density at radius 1 is 1.20 bits per heavy atom. The maximum atomic E-state index is 12.5. The van der Waals surface area contributed by atoms with Crippen molar-refractivity contribution >= 4 is 17.5 Å². The van der Waals surface area contributed by atoms with E-state index < -0.39 is 0 Å². The van der Waals surface area contributed by atoms with E-state index in [-0.39, 0.29) is 24.3 Å². The highest BCUT2D eigenvalue weighted by molar-refractivity contribution is 5.97. The Kier molecular flexibility index (Phi) is 5.74. The van der Waals surface area contributed by atoms with Gasteiger partial charge in [0.15, 0.2) is 0 Å². The quantitative estimate of drug-likeness (QED) is 0.862. The van der Waals surface area contributed by atoms with Crippen molar-refractivity contribution in [3.8, 4) is 0 Å². The highest BCUT2D eigenvalue weighted by atomic mass is 16.3. The standard InChI is InChI=1S/C20H28N2O3/c1-14-2-8-18(9-3-14)22-13-16(12-19(22)24)20(25)21-17-6-4-15(5-7-17)10-11-23/h4-7,14,16,18,23H,2-3,8-13H2,1H3,(H,21,25). The molecule has 1 aromatic carbocycles. The van der Waals surface area contributed by atoms with Crippen molar-refractivity contribution in [3.63, 3.8) is 0 Å². The molecule has 0 bridgehead atoms. The molecule has 2 aliphatic rings. The molecule has 3 rings (SSSR count). The number of rotatable bonds is 5. The van der Waals surface area contributed by atoms with Crippen molar-refractivity contribution in [3.05, 3.63) is 29.8 Å². The van der Waals surface area contributed by atoms with E-state index in [1.807, 2.05) is 29.2 Å². The van der Waals surface area contributed by atoms with Crippen molar-refractivity contribution < 1.29 is 14.7 Å². The summed E-state index contributed by atoms with van der Waals surface area (Å²) in [5.41, 5.74) is 1.78. The van der Waals surface area contributed by atoms with Gasteiger partial charge in [-0.2, -0.15) is 0 Å². The molecule has 2 N–H and O–H groups in total. The Morgan fingerprint density at radius 2 is 1.88 bits per heavy atom. The fourth-order valence-electron chi connectivity index (χ4n) is 3.94. The monoisotopic (exact) mass is 344 g/mol. The average Bonchev–Trinajstić information content (AvgIpc) is 3.00. The second kappa shape index (κ2) is 8.00. The fourth-order valence-corrected chi connectivity index (χ4v) is 3.94. The van der Waals surface area contributed by atoms with Crippen LogP contribution in [0.15, 0.2) is 24.3 Å². The molecule has 1 saturated carbocycles. The van der Waals surface area contributed by atoms with Gasteiger partial charge in [0.1, 0.15) is 0 Å².